The van der Waals surface area contributed by atoms with Crippen LogP contribution < -0.4 is 5.32 Å². The van der Waals surface area contributed by atoms with Crippen molar-refractivity contribution in [1.29, 1.82) is 0 Å². The van der Waals surface area contributed by atoms with E-state index in [4.69, 9.17) is 0 Å². The van der Waals surface area contributed by atoms with Crippen molar-refractivity contribution in [1.82, 2.24) is 15.1 Å². The number of aromatic nitrogens is 2. The number of nitrogens with zero attached hydrogens (tertiary/aromatic N) is 3. The van der Waals surface area contributed by atoms with Crippen molar-refractivity contribution in [2.45, 2.75) is 37.5 Å². The highest BCUT2D eigenvalue weighted by Gasteiger charge is 2.24. The maximum Gasteiger partial charge on any atom is 0.273 e. The highest BCUT2D eigenvalue weighted by molar-refractivity contribution is 7.99. The van der Waals surface area contributed by atoms with Crippen molar-refractivity contribution in [3.8, 4) is 0 Å². The molecule has 1 aliphatic carbocycles. The van der Waals surface area contributed by atoms with Crippen LogP contribution in [0.5, 0.6) is 0 Å². The monoisotopic (exact) mass is 294 g/mol. The smallest absolute Gasteiger partial charge is 0.273 e. The van der Waals surface area contributed by atoms with Gasteiger partial charge in [-0.3, -0.25) is 4.79 Å². The van der Waals surface area contributed by atoms with Crippen molar-refractivity contribution in [2.75, 3.05) is 25.2 Å². The largest absolute Gasteiger partial charge is 0.366 e. The summed E-state index contributed by atoms with van der Waals surface area (Å²) in [5.74, 6) is 1.82. The Morgan fingerprint density at radius 1 is 1.40 bits per heavy atom. The minimum Gasteiger partial charge on any atom is -0.366 e. The molecule has 1 fully saturated rings. The van der Waals surface area contributed by atoms with Crippen molar-refractivity contribution >= 4 is 23.5 Å². The van der Waals surface area contributed by atoms with E-state index in [9.17, 15) is 4.79 Å². The lowest BCUT2D eigenvalue weighted by atomic mass is 10.2. The van der Waals surface area contributed by atoms with Gasteiger partial charge in [-0.2, -0.15) is 11.8 Å². The van der Waals surface area contributed by atoms with E-state index in [1.165, 1.54) is 29.9 Å². The fourth-order valence-electron chi connectivity index (χ4n) is 2.42. The Bertz CT molecular complexity index is 449. The van der Waals surface area contributed by atoms with Gasteiger partial charge in [0.25, 0.3) is 5.91 Å². The second-order valence-corrected chi connectivity index (χ2v) is 6.81. The van der Waals surface area contributed by atoms with Crippen LogP contribution in [0.3, 0.4) is 0 Å². The zero-order chi connectivity index (χ0) is 14.5. The van der Waals surface area contributed by atoms with Crippen LogP contribution in [-0.2, 0) is 0 Å². The van der Waals surface area contributed by atoms with Gasteiger partial charge in [0, 0.05) is 25.4 Å². The fraction of sp³-hybridized carbons (Fsp3) is 0.643. The maximum absolute atomic E-state index is 11.7. The molecular weight excluding hydrogens is 272 g/mol. The van der Waals surface area contributed by atoms with Crippen LogP contribution in [0.4, 0.5) is 5.82 Å². The SMILES string of the molecule is CCSC1CCC(Nc2ccc(C(=O)N(C)C)nn2)C1. The van der Waals surface area contributed by atoms with Gasteiger partial charge in [-0.1, -0.05) is 6.92 Å². The first kappa shape index (κ1) is 15.1. The summed E-state index contributed by atoms with van der Waals surface area (Å²) in [6.45, 7) is 2.21. The second kappa shape index (κ2) is 6.92. The molecule has 5 nitrogen and oxygen atoms in total. The van der Waals surface area contributed by atoms with Crippen molar-refractivity contribution in [3.63, 3.8) is 0 Å². The van der Waals surface area contributed by atoms with E-state index < -0.39 is 0 Å². The van der Waals surface area contributed by atoms with E-state index in [-0.39, 0.29) is 5.91 Å². The van der Waals surface area contributed by atoms with Gasteiger partial charge in [-0.15, -0.1) is 10.2 Å². The molecule has 20 heavy (non-hydrogen) atoms. The number of rotatable bonds is 5. The van der Waals surface area contributed by atoms with E-state index >= 15 is 0 Å². The number of anilines is 1. The average Bonchev–Trinajstić information content (AvgIpc) is 2.86. The number of carbonyl (C=O) groups excluding carboxylic acids is 1. The van der Waals surface area contributed by atoms with Crippen LogP contribution in [-0.4, -0.2) is 52.1 Å². The summed E-state index contributed by atoms with van der Waals surface area (Å²) in [4.78, 5) is 13.2. The quantitative estimate of drug-likeness (QED) is 0.902. The Morgan fingerprint density at radius 3 is 2.80 bits per heavy atom. The molecule has 2 atom stereocenters. The summed E-state index contributed by atoms with van der Waals surface area (Å²) in [5.41, 5.74) is 0.381. The van der Waals surface area contributed by atoms with Gasteiger partial charge in [0.15, 0.2) is 5.69 Å². The van der Waals surface area contributed by atoms with Crippen LogP contribution >= 0.6 is 11.8 Å². The molecule has 0 aromatic carbocycles. The van der Waals surface area contributed by atoms with E-state index in [1.807, 2.05) is 17.8 Å². The molecule has 1 saturated carbocycles. The minimum absolute atomic E-state index is 0.121. The molecule has 2 unspecified atom stereocenters. The summed E-state index contributed by atoms with van der Waals surface area (Å²) in [7, 11) is 3.42. The molecule has 0 aliphatic heterocycles. The Hall–Kier alpha value is -1.30. The molecular formula is C14H22N4OS. The molecule has 1 amide bonds. The Morgan fingerprint density at radius 2 is 2.20 bits per heavy atom. The highest BCUT2D eigenvalue weighted by atomic mass is 32.2. The van der Waals surface area contributed by atoms with Crippen molar-refractivity contribution in [3.05, 3.63) is 17.8 Å². The molecule has 1 aromatic heterocycles. The number of hydrogen-bond donors (Lipinski definition) is 1. The lowest BCUT2D eigenvalue weighted by Crippen LogP contribution is -2.23. The first-order valence-corrected chi connectivity index (χ1v) is 8.08. The van der Waals surface area contributed by atoms with Gasteiger partial charge >= 0.3 is 0 Å². The minimum atomic E-state index is -0.121. The molecule has 1 aromatic rings. The fourth-order valence-corrected chi connectivity index (χ4v) is 3.56. The summed E-state index contributed by atoms with van der Waals surface area (Å²) >= 11 is 2.04. The topological polar surface area (TPSA) is 58.1 Å². The van der Waals surface area contributed by atoms with E-state index in [0.29, 0.717) is 11.7 Å². The summed E-state index contributed by atoms with van der Waals surface area (Å²) < 4.78 is 0. The first-order valence-electron chi connectivity index (χ1n) is 7.03. The summed E-state index contributed by atoms with van der Waals surface area (Å²) in [5, 5.41) is 12.3. The van der Waals surface area contributed by atoms with Crippen LogP contribution in [0.15, 0.2) is 12.1 Å². The third-order valence-electron chi connectivity index (χ3n) is 3.43. The molecule has 1 N–H and O–H groups in total. The van der Waals surface area contributed by atoms with Gasteiger partial charge in [-0.25, -0.2) is 0 Å². The predicted octanol–water partition coefficient (Wildman–Crippen LogP) is 2.26. The molecule has 110 valence electrons. The zero-order valence-corrected chi connectivity index (χ0v) is 13.1. The zero-order valence-electron chi connectivity index (χ0n) is 12.3. The Labute approximate surface area is 124 Å². The van der Waals surface area contributed by atoms with E-state index in [1.54, 1.807) is 20.2 Å². The number of amides is 1. The van der Waals surface area contributed by atoms with Crippen LogP contribution in [0.25, 0.3) is 0 Å². The Kier molecular flexibility index (Phi) is 5.23. The van der Waals surface area contributed by atoms with Crippen molar-refractivity contribution in [2.24, 2.45) is 0 Å². The summed E-state index contributed by atoms with van der Waals surface area (Å²) in [6.07, 6.45) is 3.62. The third kappa shape index (κ3) is 3.85. The molecule has 0 bridgehead atoms. The van der Waals surface area contributed by atoms with Gasteiger partial charge < -0.3 is 10.2 Å². The van der Waals surface area contributed by atoms with Crippen molar-refractivity contribution < 1.29 is 4.79 Å². The highest BCUT2D eigenvalue weighted by Crippen LogP contribution is 2.31. The number of thioether (sulfide) groups is 1. The van der Waals surface area contributed by atoms with E-state index in [2.05, 4.69) is 22.4 Å². The molecule has 1 aliphatic rings. The number of nitrogens with one attached hydrogen (secondary N) is 1. The summed E-state index contributed by atoms with van der Waals surface area (Å²) in [6, 6.07) is 4.04. The maximum atomic E-state index is 11.7. The molecule has 6 heteroatoms. The van der Waals surface area contributed by atoms with Gasteiger partial charge in [-0.05, 0) is 37.1 Å². The molecule has 2 rings (SSSR count). The van der Waals surface area contributed by atoms with Gasteiger partial charge in [0.1, 0.15) is 5.82 Å². The number of carbonyl (C=O) groups is 1. The van der Waals surface area contributed by atoms with Gasteiger partial charge in [0.05, 0.1) is 0 Å². The molecule has 0 spiro atoms. The Balaban J connectivity index is 1.90. The average molecular weight is 294 g/mol. The van der Waals surface area contributed by atoms with Gasteiger partial charge in [0.2, 0.25) is 0 Å². The number of hydrogen-bond acceptors (Lipinski definition) is 5. The van der Waals surface area contributed by atoms with Crippen LogP contribution in [0.1, 0.15) is 36.7 Å². The van der Waals surface area contributed by atoms with Crippen LogP contribution in [0.2, 0.25) is 0 Å². The molecule has 1 heterocycles. The second-order valence-electron chi connectivity index (χ2n) is 5.24. The molecule has 0 saturated heterocycles. The standard InChI is InChI=1S/C14H22N4OS/c1-4-20-11-6-5-10(9-11)15-13-8-7-12(16-17-13)14(19)18(2)3/h7-8,10-11H,4-6,9H2,1-3H3,(H,15,17). The van der Waals surface area contributed by atoms with E-state index in [0.717, 1.165) is 11.1 Å². The normalized spacial score (nSPS) is 21.8. The third-order valence-corrected chi connectivity index (χ3v) is 4.66. The van der Waals surface area contributed by atoms with Crippen LogP contribution in [0, 0.1) is 0 Å². The first-order chi connectivity index (χ1) is 9.60. The lowest BCUT2D eigenvalue weighted by Gasteiger charge is -2.14. The molecule has 0 radical (unpaired) electrons. The predicted molar refractivity (Wildman–Crippen MR) is 83.2 cm³/mol. The lowest BCUT2D eigenvalue weighted by molar-refractivity contribution is 0.0821.